The molecule has 0 radical (unpaired) electrons. The molecule has 1 atom stereocenters. The molecule has 0 saturated carbocycles. The summed E-state index contributed by atoms with van der Waals surface area (Å²) in [5.41, 5.74) is 2.66. The van der Waals surface area contributed by atoms with Crippen LogP contribution in [0.15, 0.2) is 77.7 Å². The molecule has 0 saturated heterocycles. The number of sulfonamides is 1. The van der Waals surface area contributed by atoms with Gasteiger partial charge in [0, 0.05) is 11.7 Å². The number of aryl methyl sites for hydroxylation is 2. The molecule has 31 heavy (non-hydrogen) atoms. The summed E-state index contributed by atoms with van der Waals surface area (Å²) in [6.07, 6.45) is 1.61. The van der Waals surface area contributed by atoms with E-state index in [0.717, 1.165) is 18.4 Å². The molecule has 0 bridgehead atoms. The highest BCUT2D eigenvalue weighted by atomic mass is 35.5. The highest BCUT2D eigenvalue weighted by molar-refractivity contribution is 7.92. The van der Waals surface area contributed by atoms with Crippen molar-refractivity contribution in [3.8, 4) is 0 Å². The Balaban J connectivity index is 1.68. The average molecular weight is 457 g/mol. The maximum Gasteiger partial charge on any atom is 0.261 e. The predicted molar refractivity (Wildman–Crippen MR) is 125 cm³/mol. The molecule has 1 unspecified atom stereocenters. The summed E-state index contributed by atoms with van der Waals surface area (Å²) < 4.78 is 27.8. The Hall–Kier alpha value is -2.83. The lowest BCUT2D eigenvalue weighted by Gasteiger charge is -2.16. The van der Waals surface area contributed by atoms with Crippen LogP contribution in [0.1, 0.15) is 34.8 Å². The number of amides is 1. The maximum atomic E-state index is 12.7. The minimum atomic E-state index is -3.77. The Kier molecular flexibility index (Phi) is 7.36. The zero-order valence-electron chi connectivity index (χ0n) is 17.4. The van der Waals surface area contributed by atoms with E-state index in [1.165, 1.54) is 35.9 Å². The molecule has 0 heterocycles. The van der Waals surface area contributed by atoms with E-state index < -0.39 is 10.0 Å². The van der Waals surface area contributed by atoms with E-state index in [9.17, 15) is 13.2 Å². The molecule has 0 aliphatic carbocycles. The van der Waals surface area contributed by atoms with Crippen LogP contribution in [0, 0.1) is 6.92 Å². The van der Waals surface area contributed by atoms with Crippen molar-refractivity contribution in [1.82, 2.24) is 5.32 Å². The van der Waals surface area contributed by atoms with Crippen LogP contribution in [0.5, 0.6) is 0 Å². The average Bonchev–Trinajstić information content (AvgIpc) is 2.74. The molecule has 0 aliphatic rings. The van der Waals surface area contributed by atoms with Gasteiger partial charge in [-0.1, -0.05) is 59.6 Å². The van der Waals surface area contributed by atoms with Crippen LogP contribution in [0.3, 0.4) is 0 Å². The van der Waals surface area contributed by atoms with E-state index in [1.54, 1.807) is 12.1 Å². The molecule has 0 spiro atoms. The van der Waals surface area contributed by atoms with Crippen molar-refractivity contribution < 1.29 is 13.2 Å². The van der Waals surface area contributed by atoms with Crippen molar-refractivity contribution in [2.24, 2.45) is 0 Å². The van der Waals surface area contributed by atoms with Crippen molar-refractivity contribution in [2.75, 3.05) is 4.72 Å². The number of rotatable bonds is 8. The molecule has 1 amide bonds. The number of hydrogen-bond donors (Lipinski definition) is 2. The number of anilines is 1. The fraction of sp³-hybridized carbons (Fsp3) is 0.208. The lowest BCUT2D eigenvalue weighted by molar-refractivity contribution is 0.0938. The minimum Gasteiger partial charge on any atom is -0.350 e. The van der Waals surface area contributed by atoms with Crippen LogP contribution in [0.4, 0.5) is 5.69 Å². The van der Waals surface area contributed by atoms with Crippen molar-refractivity contribution in [1.29, 1.82) is 0 Å². The number of halogens is 1. The lowest BCUT2D eigenvalue weighted by Crippen LogP contribution is -2.33. The third kappa shape index (κ3) is 6.32. The van der Waals surface area contributed by atoms with E-state index >= 15 is 0 Å². The third-order valence-electron chi connectivity index (χ3n) is 4.88. The topological polar surface area (TPSA) is 75.3 Å². The first-order valence-corrected chi connectivity index (χ1v) is 11.8. The SMILES string of the molecule is Cc1ccc(S(=O)(=O)Nc2ccc(Cl)c(C(=O)NC(C)CCc3ccccc3)c2)cc1. The van der Waals surface area contributed by atoms with Crippen LogP contribution >= 0.6 is 11.6 Å². The molecule has 5 nitrogen and oxygen atoms in total. The van der Waals surface area contributed by atoms with Gasteiger partial charge in [-0.25, -0.2) is 8.42 Å². The van der Waals surface area contributed by atoms with Gasteiger partial charge in [-0.15, -0.1) is 0 Å². The Labute approximate surface area is 188 Å². The molecule has 0 aromatic heterocycles. The molecule has 0 fully saturated rings. The molecule has 0 aliphatic heterocycles. The van der Waals surface area contributed by atoms with Gasteiger partial charge in [0.2, 0.25) is 0 Å². The van der Waals surface area contributed by atoms with Crippen LogP contribution in [0.25, 0.3) is 0 Å². The quantitative estimate of drug-likeness (QED) is 0.489. The first kappa shape index (κ1) is 22.8. The smallest absolute Gasteiger partial charge is 0.261 e. The summed E-state index contributed by atoms with van der Waals surface area (Å²) in [4.78, 5) is 12.9. The monoisotopic (exact) mass is 456 g/mol. The lowest BCUT2D eigenvalue weighted by atomic mass is 10.1. The Morgan fingerprint density at radius 1 is 1.00 bits per heavy atom. The van der Waals surface area contributed by atoms with Gasteiger partial charge in [0.05, 0.1) is 15.5 Å². The molecule has 7 heteroatoms. The van der Waals surface area contributed by atoms with E-state index in [2.05, 4.69) is 22.2 Å². The zero-order valence-corrected chi connectivity index (χ0v) is 19.0. The second-order valence-corrected chi connectivity index (χ2v) is 9.60. The van der Waals surface area contributed by atoms with E-state index in [4.69, 9.17) is 11.6 Å². The van der Waals surface area contributed by atoms with Crippen LogP contribution in [-0.2, 0) is 16.4 Å². The molecule has 3 aromatic rings. The van der Waals surface area contributed by atoms with Crippen LogP contribution < -0.4 is 10.0 Å². The first-order valence-electron chi connectivity index (χ1n) is 9.98. The number of benzene rings is 3. The highest BCUT2D eigenvalue weighted by Crippen LogP contribution is 2.23. The molecule has 3 aromatic carbocycles. The highest BCUT2D eigenvalue weighted by Gasteiger charge is 2.18. The minimum absolute atomic E-state index is 0.0725. The number of nitrogens with one attached hydrogen (secondary N) is 2. The summed E-state index contributed by atoms with van der Waals surface area (Å²) in [7, 11) is -3.77. The van der Waals surface area contributed by atoms with Crippen molar-refractivity contribution >= 4 is 33.2 Å². The predicted octanol–water partition coefficient (Wildman–Crippen LogP) is 5.20. The summed E-state index contributed by atoms with van der Waals surface area (Å²) in [6.45, 7) is 3.81. The normalized spacial score (nSPS) is 12.2. The molecular formula is C24H25ClN2O3S. The largest absolute Gasteiger partial charge is 0.350 e. The summed E-state index contributed by atoms with van der Waals surface area (Å²) in [5.74, 6) is -0.345. The Morgan fingerprint density at radius 3 is 2.35 bits per heavy atom. The third-order valence-corrected chi connectivity index (χ3v) is 6.61. The maximum absolute atomic E-state index is 12.7. The Bertz CT molecular complexity index is 1150. The van der Waals surface area contributed by atoms with Gasteiger partial charge in [0.25, 0.3) is 15.9 Å². The zero-order chi connectivity index (χ0) is 22.4. The van der Waals surface area contributed by atoms with Gasteiger partial charge in [-0.2, -0.15) is 0 Å². The molecule has 2 N–H and O–H groups in total. The fourth-order valence-corrected chi connectivity index (χ4v) is 4.35. The number of carbonyl (C=O) groups is 1. The molecular weight excluding hydrogens is 432 g/mol. The van der Waals surface area contributed by atoms with Crippen molar-refractivity contribution in [3.63, 3.8) is 0 Å². The second-order valence-electron chi connectivity index (χ2n) is 7.51. The van der Waals surface area contributed by atoms with Gasteiger partial charge < -0.3 is 5.32 Å². The summed E-state index contributed by atoms with van der Waals surface area (Å²) in [5, 5.41) is 3.19. The van der Waals surface area contributed by atoms with E-state index in [-0.39, 0.29) is 33.1 Å². The summed E-state index contributed by atoms with van der Waals surface area (Å²) in [6, 6.07) is 21.0. The molecule has 162 valence electrons. The van der Waals surface area contributed by atoms with Gasteiger partial charge in [-0.05, 0) is 62.6 Å². The molecule has 3 rings (SSSR count). The second kappa shape index (κ2) is 9.98. The van der Waals surface area contributed by atoms with Gasteiger partial charge in [0.15, 0.2) is 0 Å². The van der Waals surface area contributed by atoms with E-state index in [0.29, 0.717) is 0 Å². The van der Waals surface area contributed by atoms with Crippen molar-refractivity contribution in [2.45, 2.75) is 37.6 Å². The van der Waals surface area contributed by atoms with Crippen molar-refractivity contribution in [3.05, 3.63) is 94.5 Å². The summed E-state index contributed by atoms with van der Waals surface area (Å²) >= 11 is 6.22. The fourth-order valence-electron chi connectivity index (χ4n) is 3.10. The van der Waals surface area contributed by atoms with Gasteiger partial charge >= 0.3 is 0 Å². The van der Waals surface area contributed by atoms with E-state index in [1.807, 2.05) is 32.0 Å². The number of carbonyl (C=O) groups excluding carboxylic acids is 1. The first-order chi connectivity index (χ1) is 14.7. The van der Waals surface area contributed by atoms with Gasteiger partial charge in [-0.3, -0.25) is 9.52 Å². The van der Waals surface area contributed by atoms with Gasteiger partial charge in [0.1, 0.15) is 0 Å². The standard InChI is InChI=1S/C24H25ClN2O3S/c1-17-8-13-21(14-9-17)31(29,30)27-20-12-15-23(25)22(16-20)24(28)26-18(2)10-11-19-6-4-3-5-7-19/h3-9,12-16,18,27H,10-11H2,1-2H3,(H,26,28). The Morgan fingerprint density at radius 2 is 1.68 bits per heavy atom. The number of hydrogen-bond acceptors (Lipinski definition) is 3. The van der Waals surface area contributed by atoms with Crippen LogP contribution in [-0.4, -0.2) is 20.4 Å². The van der Waals surface area contributed by atoms with Crippen LogP contribution in [0.2, 0.25) is 5.02 Å².